The number of hydrogen-bond donors (Lipinski definition) is 2. The van der Waals surface area contributed by atoms with Crippen LogP contribution in [0.5, 0.6) is 11.5 Å². The number of carbonyl (C=O) groups is 2. The van der Waals surface area contributed by atoms with E-state index in [1.165, 1.54) is 0 Å². The maximum atomic E-state index is 13.2. The van der Waals surface area contributed by atoms with Crippen LogP contribution in [0.1, 0.15) is 35.2 Å². The molecule has 3 rings (SSSR count). The zero-order chi connectivity index (χ0) is 25.8. The van der Waals surface area contributed by atoms with E-state index in [2.05, 4.69) is 5.32 Å². The molecule has 0 heterocycles. The van der Waals surface area contributed by atoms with Gasteiger partial charge in [-0.3, -0.25) is 4.79 Å². The Balaban J connectivity index is 1.68. The molecule has 0 spiro atoms. The molecule has 6 nitrogen and oxygen atoms in total. The van der Waals surface area contributed by atoms with Gasteiger partial charge in [0.1, 0.15) is 17.5 Å². The highest BCUT2D eigenvalue weighted by Crippen LogP contribution is 2.31. The third kappa shape index (κ3) is 8.05. The summed E-state index contributed by atoms with van der Waals surface area (Å²) in [5.41, 5.74) is 3.05. The van der Waals surface area contributed by atoms with Crippen molar-refractivity contribution in [2.75, 3.05) is 25.2 Å². The van der Waals surface area contributed by atoms with E-state index in [1.54, 1.807) is 23.9 Å². The minimum atomic E-state index is -1.04. The van der Waals surface area contributed by atoms with E-state index in [9.17, 15) is 14.7 Å². The SMILES string of the molecule is CSCC[C@H](NC(=O)c1ccc(OCCCCOc2ccccc2)cc1-c1ccccc1C)C(=O)O. The fourth-order valence-electron chi connectivity index (χ4n) is 3.74. The van der Waals surface area contributed by atoms with Gasteiger partial charge >= 0.3 is 5.97 Å². The summed E-state index contributed by atoms with van der Waals surface area (Å²) >= 11 is 1.55. The van der Waals surface area contributed by atoms with Crippen LogP contribution in [0.3, 0.4) is 0 Å². The summed E-state index contributed by atoms with van der Waals surface area (Å²) in [7, 11) is 0. The highest BCUT2D eigenvalue weighted by molar-refractivity contribution is 7.98. The van der Waals surface area contributed by atoms with E-state index in [4.69, 9.17) is 9.47 Å². The molecule has 36 heavy (non-hydrogen) atoms. The summed E-state index contributed by atoms with van der Waals surface area (Å²) in [6, 6.07) is 21.9. The Hall–Kier alpha value is -3.45. The van der Waals surface area contributed by atoms with Gasteiger partial charge in [-0.05, 0) is 85.2 Å². The maximum absolute atomic E-state index is 13.2. The first kappa shape index (κ1) is 27.1. The summed E-state index contributed by atoms with van der Waals surface area (Å²) in [6.45, 7) is 3.12. The van der Waals surface area contributed by atoms with E-state index in [-0.39, 0.29) is 0 Å². The number of benzene rings is 3. The molecule has 0 saturated heterocycles. The number of thioether (sulfide) groups is 1. The van der Waals surface area contributed by atoms with Gasteiger partial charge in [-0.2, -0.15) is 11.8 Å². The van der Waals surface area contributed by atoms with Crippen LogP contribution in [-0.2, 0) is 4.79 Å². The number of rotatable bonds is 14. The topological polar surface area (TPSA) is 84.9 Å². The number of aliphatic carboxylic acids is 1. The van der Waals surface area contributed by atoms with Gasteiger partial charge in [0.2, 0.25) is 0 Å². The first-order valence-corrected chi connectivity index (χ1v) is 13.4. The van der Waals surface area contributed by atoms with Gasteiger partial charge in [0, 0.05) is 5.56 Å². The van der Waals surface area contributed by atoms with Crippen LogP contribution < -0.4 is 14.8 Å². The number of ether oxygens (including phenoxy) is 2. The number of carboxylic acid groups (broad SMARTS) is 1. The van der Waals surface area contributed by atoms with Crippen LogP contribution in [0.4, 0.5) is 0 Å². The molecule has 0 unspecified atom stereocenters. The fraction of sp³-hybridized carbons (Fsp3) is 0.310. The lowest BCUT2D eigenvalue weighted by molar-refractivity contribution is -0.139. The number of nitrogens with one attached hydrogen (secondary N) is 1. The molecule has 0 aliphatic rings. The first-order chi connectivity index (χ1) is 17.5. The van der Waals surface area contributed by atoms with Crippen molar-refractivity contribution < 1.29 is 24.2 Å². The van der Waals surface area contributed by atoms with Crippen molar-refractivity contribution in [3.8, 4) is 22.6 Å². The number of aryl methyl sites for hydroxylation is 1. The lowest BCUT2D eigenvalue weighted by Crippen LogP contribution is -2.41. The Morgan fingerprint density at radius 3 is 2.22 bits per heavy atom. The van der Waals surface area contributed by atoms with Crippen LogP contribution in [-0.4, -0.2) is 48.2 Å². The fourth-order valence-corrected chi connectivity index (χ4v) is 4.21. The van der Waals surface area contributed by atoms with Gasteiger partial charge in [-0.15, -0.1) is 0 Å². The quantitative estimate of drug-likeness (QED) is 0.267. The van der Waals surface area contributed by atoms with Crippen molar-refractivity contribution in [2.45, 2.75) is 32.2 Å². The summed E-state index contributed by atoms with van der Waals surface area (Å²) in [5.74, 6) is 0.711. The van der Waals surface area contributed by atoms with Crippen molar-refractivity contribution in [3.05, 3.63) is 83.9 Å². The molecular formula is C29H33NO5S. The van der Waals surface area contributed by atoms with Gasteiger partial charge < -0.3 is 19.9 Å². The number of carboxylic acids is 1. The van der Waals surface area contributed by atoms with Gasteiger partial charge in [0.25, 0.3) is 5.91 Å². The lowest BCUT2D eigenvalue weighted by atomic mass is 9.95. The monoisotopic (exact) mass is 507 g/mol. The Kier molecular flexibility index (Phi) is 10.7. The third-order valence-corrected chi connectivity index (χ3v) is 6.35. The van der Waals surface area contributed by atoms with Gasteiger partial charge in [-0.1, -0.05) is 42.5 Å². The molecule has 0 aliphatic heterocycles. The molecule has 0 radical (unpaired) electrons. The van der Waals surface area contributed by atoms with Crippen molar-refractivity contribution in [2.24, 2.45) is 0 Å². The maximum Gasteiger partial charge on any atom is 0.326 e. The van der Waals surface area contributed by atoms with E-state index in [0.717, 1.165) is 29.7 Å². The summed E-state index contributed by atoms with van der Waals surface area (Å²) in [4.78, 5) is 24.8. The second-order valence-corrected chi connectivity index (χ2v) is 9.37. The molecule has 2 N–H and O–H groups in total. The molecule has 0 fully saturated rings. The molecule has 0 saturated carbocycles. The lowest BCUT2D eigenvalue weighted by Gasteiger charge is -2.18. The second kappa shape index (κ2) is 14.2. The normalized spacial score (nSPS) is 11.5. The van der Waals surface area contributed by atoms with E-state index < -0.39 is 17.9 Å². The summed E-state index contributed by atoms with van der Waals surface area (Å²) < 4.78 is 11.7. The number of amides is 1. The Morgan fingerprint density at radius 1 is 0.889 bits per heavy atom. The Morgan fingerprint density at radius 2 is 1.56 bits per heavy atom. The predicted octanol–water partition coefficient (Wildman–Crippen LogP) is 5.84. The largest absolute Gasteiger partial charge is 0.494 e. The molecule has 1 atom stereocenters. The first-order valence-electron chi connectivity index (χ1n) is 12.0. The molecule has 1 amide bonds. The number of hydrogen-bond acceptors (Lipinski definition) is 5. The van der Waals surface area contributed by atoms with Crippen LogP contribution >= 0.6 is 11.8 Å². The average molecular weight is 508 g/mol. The Bertz CT molecular complexity index is 1140. The standard InChI is InChI=1S/C29H33NO5S/c1-21-10-6-7-13-24(21)26-20-23(35-18-9-8-17-34-22-11-4-3-5-12-22)14-15-25(26)28(31)30-27(29(32)33)16-19-36-2/h3-7,10-15,20,27H,8-9,16-19H2,1-2H3,(H,30,31)(H,32,33)/t27-/m0/s1. The van der Waals surface area contributed by atoms with Crippen molar-refractivity contribution in [1.29, 1.82) is 0 Å². The van der Waals surface area contributed by atoms with Gasteiger partial charge in [-0.25, -0.2) is 4.79 Å². The smallest absolute Gasteiger partial charge is 0.326 e. The minimum absolute atomic E-state index is 0.358. The number of carbonyl (C=O) groups excluding carboxylic acids is 1. The average Bonchev–Trinajstić information content (AvgIpc) is 2.89. The molecule has 3 aromatic carbocycles. The van der Waals surface area contributed by atoms with Crippen molar-refractivity contribution >= 4 is 23.6 Å². The zero-order valence-corrected chi connectivity index (χ0v) is 21.6. The minimum Gasteiger partial charge on any atom is -0.494 e. The van der Waals surface area contributed by atoms with Crippen LogP contribution in [0.15, 0.2) is 72.8 Å². The summed E-state index contributed by atoms with van der Waals surface area (Å²) in [6.07, 6.45) is 3.94. The van der Waals surface area contributed by atoms with Crippen molar-refractivity contribution in [1.82, 2.24) is 5.32 Å². The molecule has 7 heteroatoms. The van der Waals surface area contributed by atoms with E-state index in [1.807, 2.05) is 73.8 Å². The van der Waals surface area contributed by atoms with E-state index >= 15 is 0 Å². The van der Waals surface area contributed by atoms with Gasteiger partial charge in [0.05, 0.1) is 13.2 Å². The number of unbranched alkanes of at least 4 members (excludes halogenated alkanes) is 1. The second-order valence-electron chi connectivity index (χ2n) is 8.39. The van der Waals surface area contributed by atoms with Gasteiger partial charge in [0.15, 0.2) is 0 Å². The molecule has 3 aromatic rings. The van der Waals surface area contributed by atoms with Crippen LogP contribution in [0, 0.1) is 6.92 Å². The van der Waals surface area contributed by atoms with Crippen molar-refractivity contribution in [3.63, 3.8) is 0 Å². The molecule has 0 aromatic heterocycles. The molecule has 0 aliphatic carbocycles. The molecular weight excluding hydrogens is 474 g/mol. The predicted molar refractivity (Wildman–Crippen MR) is 145 cm³/mol. The van der Waals surface area contributed by atoms with Crippen LogP contribution in [0.2, 0.25) is 0 Å². The summed E-state index contributed by atoms with van der Waals surface area (Å²) in [5, 5.41) is 12.2. The van der Waals surface area contributed by atoms with Crippen LogP contribution in [0.25, 0.3) is 11.1 Å². The van der Waals surface area contributed by atoms with E-state index in [0.29, 0.717) is 42.3 Å². The highest BCUT2D eigenvalue weighted by Gasteiger charge is 2.23. The highest BCUT2D eigenvalue weighted by atomic mass is 32.2. The third-order valence-electron chi connectivity index (χ3n) is 5.70. The zero-order valence-electron chi connectivity index (χ0n) is 20.7. The number of para-hydroxylation sites is 1. The Labute approximate surface area is 217 Å². The molecule has 0 bridgehead atoms. The molecule has 190 valence electrons.